The number of carbonyl (C=O) groups is 2. The topological polar surface area (TPSA) is 117 Å². The van der Waals surface area contributed by atoms with E-state index < -0.39 is 24.2 Å². The van der Waals surface area contributed by atoms with Crippen LogP contribution < -0.4 is 10.8 Å². The maximum absolute atomic E-state index is 12.8. The number of hydroxylamine groups is 1. The van der Waals surface area contributed by atoms with Gasteiger partial charge in [0.25, 0.3) is 5.91 Å². The molecule has 0 heterocycles. The summed E-state index contributed by atoms with van der Waals surface area (Å²) in [6.45, 7) is 0. The second kappa shape index (κ2) is 10.9. The van der Waals surface area contributed by atoms with Crippen molar-refractivity contribution in [2.75, 3.05) is 12.4 Å². The summed E-state index contributed by atoms with van der Waals surface area (Å²) in [5, 5.41) is 23.6. The van der Waals surface area contributed by atoms with Crippen LogP contribution in [0, 0.1) is 3.57 Å². The number of hydrogen-bond acceptors (Lipinski definition) is 6. The Bertz CT molecular complexity index is 1150. The maximum atomic E-state index is 12.8. The zero-order valence-electron chi connectivity index (χ0n) is 17.0. The van der Waals surface area contributed by atoms with Crippen molar-refractivity contribution in [2.45, 2.75) is 12.2 Å². The molecule has 0 aliphatic carbocycles. The summed E-state index contributed by atoms with van der Waals surface area (Å²) in [7, 11) is 1.37. The molecule has 3 aromatic carbocycles. The minimum atomic E-state index is -1.09. The van der Waals surface area contributed by atoms with Gasteiger partial charge in [0, 0.05) is 27.7 Å². The van der Waals surface area contributed by atoms with Crippen molar-refractivity contribution in [3.05, 3.63) is 81.9 Å². The molecule has 0 bridgehead atoms. The first-order valence-corrected chi connectivity index (χ1v) is 10.6. The van der Waals surface area contributed by atoms with Crippen LogP contribution in [-0.4, -0.2) is 35.5 Å². The Hall–Kier alpha value is -3.15. The van der Waals surface area contributed by atoms with Gasteiger partial charge in [-0.2, -0.15) is 0 Å². The number of aromatic hydroxyl groups is 1. The molecule has 32 heavy (non-hydrogen) atoms. The number of ether oxygens (including phenoxy) is 2. The molecule has 3 aromatic rings. The molecule has 0 saturated heterocycles. The van der Waals surface area contributed by atoms with Gasteiger partial charge >= 0.3 is 6.09 Å². The number of hydrogen-bond donors (Lipinski definition) is 4. The summed E-state index contributed by atoms with van der Waals surface area (Å²) in [4.78, 5) is 24.3. The van der Waals surface area contributed by atoms with Gasteiger partial charge < -0.3 is 14.6 Å². The molecule has 0 aliphatic heterocycles. The first-order valence-electron chi connectivity index (χ1n) is 9.51. The maximum Gasteiger partial charge on any atom is 0.412 e. The number of phenolic OH excluding ortho intramolecular Hbond substituents is 1. The van der Waals surface area contributed by atoms with E-state index in [-0.39, 0.29) is 5.75 Å². The number of methoxy groups -OCH3 is 1. The lowest BCUT2D eigenvalue weighted by Crippen LogP contribution is -2.27. The molecule has 0 aromatic heterocycles. The first kappa shape index (κ1) is 23.5. The predicted molar refractivity (Wildman–Crippen MR) is 127 cm³/mol. The summed E-state index contributed by atoms with van der Waals surface area (Å²) in [5.74, 6) is -0.881. The highest BCUT2D eigenvalue weighted by molar-refractivity contribution is 14.1. The van der Waals surface area contributed by atoms with Crippen molar-refractivity contribution in [1.82, 2.24) is 5.48 Å². The number of halogens is 1. The smallest absolute Gasteiger partial charge is 0.412 e. The molecule has 8 nitrogen and oxygen atoms in total. The van der Waals surface area contributed by atoms with E-state index in [0.717, 1.165) is 20.4 Å². The van der Waals surface area contributed by atoms with Crippen molar-refractivity contribution in [3.63, 3.8) is 0 Å². The van der Waals surface area contributed by atoms with Gasteiger partial charge in [-0.25, -0.2) is 10.3 Å². The van der Waals surface area contributed by atoms with Crippen LogP contribution in [0.2, 0.25) is 0 Å². The number of nitrogens with one attached hydrogen (secondary N) is 2. The van der Waals surface area contributed by atoms with E-state index in [1.54, 1.807) is 18.2 Å². The summed E-state index contributed by atoms with van der Waals surface area (Å²) >= 11 is 2.07. The zero-order chi connectivity index (χ0) is 23.1. The monoisotopic (exact) mass is 548 g/mol. The lowest BCUT2D eigenvalue weighted by molar-refractivity contribution is -0.124. The highest BCUT2D eigenvalue weighted by Gasteiger charge is 2.28. The molecule has 4 N–H and O–H groups in total. The molecule has 0 unspecified atom stereocenters. The number of rotatable bonds is 7. The van der Waals surface area contributed by atoms with Gasteiger partial charge in [-0.3, -0.25) is 15.3 Å². The minimum absolute atomic E-state index is 0.101. The van der Waals surface area contributed by atoms with Crippen LogP contribution in [0.5, 0.6) is 5.75 Å². The minimum Gasteiger partial charge on any atom is -0.508 e. The van der Waals surface area contributed by atoms with Gasteiger partial charge in [0.05, 0.1) is 5.69 Å². The molecule has 2 atom stereocenters. The fraction of sp³-hybridized carbons (Fsp3) is 0.130. The molecule has 0 aliphatic rings. The highest BCUT2D eigenvalue weighted by Crippen LogP contribution is 2.33. The predicted octanol–water partition coefficient (Wildman–Crippen LogP) is 4.52. The molecule has 0 fully saturated rings. The second-order valence-corrected chi connectivity index (χ2v) is 7.96. The Labute approximate surface area is 197 Å². The van der Waals surface area contributed by atoms with Gasteiger partial charge in [-0.05, 0) is 58.3 Å². The average molecular weight is 548 g/mol. The molecular formula is C23H21IN2O6. The largest absolute Gasteiger partial charge is 0.508 e. The lowest BCUT2D eigenvalue weighted by atomic mass is 10.0. The van der Waals surface area contributed by atoms with Crippen molar-refractivity contribution in [3.8, 4) is 5.75 Å². The van der Waals surface area contributed by atoms with Crippen LogP contribution in [0.3, 0.4) is 0 Å². The number of benzene rings is 3. The number of amides is 2. The van der Waals surface area contributed by atoms with Crippen molar-refractivity contribution >= 4 is 51.1 Å². The summed E-state index contributed by atoms with van der Waals surface area (Å²) in [5.41, 5.74) is 2.34. The highest BCUT2D eigenvalue weighted by atomic mass is 127. The van der Waals surface area contributed by atoms with Gasteiger partial charge in [0.15, 0.2) is 6.10 Å². The normalized spacial score (nSPS) is 13.0. The fourth-order valence-corrected chi connectivity index (χ4v) is 3.69. The van der Waals surface area contributed by atoms with Crippen molar-refractivity contribution in [1.29, 1.82) is 0 Å². The molecule has 2 amide bonds. The Morgan fingerprint density at radius 3 is 2.59 bits per heavy atom. The summed E-state index contributed by atoms with van der Waals surface area (Å²) in [6.07, 6.45) is -0.437. The molecule has 3 rings (SSSR count). The molecule has 0 saturated carbocycles. The second-order valence-electron chi connectivity index (χ2n) is 6.72. The van der Waals surface area contributed by atoms with Crippen LogP contribution in [-0.2, 0) is 14.3 Å². The Morgan fingerprint density at radius 2 is 1.84 bits per heavy atom. The standard InChI is InChI=1S/C23H21IN2O6/c1-31-20(11-12-21(28)26-30)22(17-13-15(24)9-10-19(17)27)32-23(29)25-18-8-4-6-14-5-2-3-7-16(14)18/h2-13,20,22,27,30H,1H3,(H,25,29)(H,26,28)/b12-11+/t20-,22-/m0/s1. The quantitative estimate of drug-likeness (QED) is 0.149. The SMILES string of the molecule is CO[C@@H](/C=C/C(=O)NO)[C@@H](OC(=O)Nc1cccc2ccccc12)c1cc(I)ccc1O. The third kappa shape index (κ3) is 5.75. The zero-order valence-corrected chi connectivity index (χ0v) is 19.1. The van der Waals surface area contributed by atoms with E-state index in [2.05, 4.69) is 27.9 Å². The number of anilines is 1. The molecule has 166 valence electrons. The van der Waals surface area contributed by atoms with E-state index in [1.807, 2.05) is 36.4 Å². The van der Waals surface area contributed by atoms with E-state index in [9.17, 15) is 14.7 Å². The van der Waals surface area contributed by atoms with Crippen LogP contribution in [0.15, 0.2) is 72.8 Å². The van der Waals surface area contributed by atoms with Gasteiger partial charge in [-0.15, -0.1) is 0 Å². The van der Waals surface area contributed by atoms with Gasteiger partial charge in [-0.1, -0.05) is 36.4 Å². The molecule has 0 spiro atoms. The third-order valence-electron chi connectivity index (χ3n) is 4.67. The van der Waals surface area contributed by atoms with E-state index in [0.29, 0.717) is 11.3 Å². The molecule has 9 heteroatoms. The summed E-state index contributed by atoms with van der Waals surface area (Å²) < 4.78 is 11.9. The van der Waals surface area contributed by atoms with E-state index in [1.165, 1.54) is 24.7 Å². The summed E-state index contributed by atoms with van der Waals surface area (Å²) in [6, 6.07) is 17.9. The fourth-order valence-electron chi connectivity index (χ4n) is 3.17. The number of carbonyl (C=O) groups excluding carboxylic acids is 2. The van der Waals surface area contributed by atoms with Gasteiger partial charge in [0.1, 0.15) is 11.9 Å². The first-order chi connectivity index (χ1) is 15.4. The average Bonchev–Trinajstić information content (AvgIpc) is 2.80. The van der Waals surface area contributed by atoms with Crippen LogP contribution in [0.25, 0.3) is 10.8 Å². The molecular weight excluding hydrogens is 527 g/mol. The number of fused-ring (bicyclic) bond motifs is 1. The number of phenols is 1. The third-order valence-corrected chi connectivity index (χ3v) is 5.35. The lowest BCUT2D eigenvalue weighted by Gasteiger charge is -2.25. The van der Waals surface area contributed by atoms with Crippen LogP contribution in [0.4, 0.5) is 10.5 Å². The van der Waals surface area contributed by atoms with Crippen molar-refractivity contribution in [2.24, 2.45) is 0 Å². The van der Waals surface area contributed by atoms with Gasteiger partial charge in [0.2, 0.25) is 0 Å². The Balaban J connectivity index is 1.92. The Morgan fingerprint density at radius 1 is 1.09 bits per heavy atom. The van der Waals surface area contributed by atoms with E-state index >= 15 is 0 Å². The van der Waals surface area contributed by atoms with Crippen LogP contribution >= 0.6 is 22.6 Å². The Kier molecular flexibility index (Phi) is 8.03. The molecule has 0 radical (unpaired) electrons. The van der Waals surface area contributed by atoms with Crippen molar-refractivity contribution < 1.29 is 29.4 Å². The van der Waals surface area contributed by atoms with E-state index in [4.69, 9.17) is 14.7 Å². The van der Waals surface area contributed by atoms with Crippen LogP contribution in [0.1, 0.15) is 11.7 Å².